The Morgan fingerprint density at radius 2 is 2.14 bits per heavy atom. The van der Waals surface area contributed by atoms with E-state index in [0.717, 1.165) is 17.1 Å². The van der Waals surface area contributed by atoms with Crippen LogP contribution in [0.15, 0.2) is 4.52 Å². The molecule has 1 amide bonds. The van der Waals surface area contributed by atoms with Gasteiger partial charge in [0.15, 0.2) is 5.76 Å². The highest BCUT2D eigenvalue weighted by atomic mass is 16.5. The van der Waals surface area contributed by atoms with E-state index in [0.29, 0.717) is 6.54 Å². The molecule has 0 saturated carbocycles. The maximum Gasteiger partial charge on any atom is 0.239 e. The number of amides is 1. The predicted octanol–water partition coefficient (Wildman–Crippen LogP) is 0.840. The molecule has 1 aromatic heterocycles. The molecule has 0 aliphatic carbocycles. The first-order valence-electron chi connectivity index (χ1n) is 4.67. The molecule has 1 aliphatic rings. The zero-order valence-electron chi connectivity index (χ0n) is 8.26. The van der Waals surface area contributed by atoms with E-state index in [4.69, 9.17) is 4.52 Å². The molecule has 5 heteroatoms. The van der Waals surface area contributed by atoms with E-state index in [9.17, 15) is 4.79 Å². The molecule has 2 rings (SSSR count). The molecule has 2 N–H and O–H groups in total. The fourth-order valence-corrected chi connectivity index (χ4v) is 1.46. The highest BCUT2D eigenvalue weighted by molar-refractivity contribution is 5.82. The van der Waals surface area contributed by atoms with Crippen LogP contribution in [-0.4, -0.2) is 17.6 Å². The highest BCUT2D eigenvalue weighted by Gasteiger charge is 2.21. The predicted molar refractivity (Wildman–Crippen MR) is 50.9 cm³/mol. The van der Waals surface area contributed by atoms with Crippen molar-refractivity contribution in [2.24, 2.45) is 0 Å². The number of carbonyl (C=O) groups excluding carboxylic acids is 1. The zero-order chi connectivity index (χ0) is 10.1. The van der Waals surface area contributed by atoms with E-state index in [2.05, 4.69) is 15.8 Å². The van der Waals surface area contributed by atoms with Crippen LogP contribution in [-0.2, 0) is 11.3 Å². The summed E-state index contributed by atoms with van der Waals surface area (Å²) in [4.78, 5) is 11.1. The van der Waals surface area contributed by atoms with Crippen LogP contribution < -0.4 is 10.6 Å². The van der Waals surface area contributed by atoms with Crippen molar-refractivity contribution in [1.82, 2.24) is 10.5 Å². The highest BCUT2D eigenvalue weighted by Crippen LogP contribution is 2.28. The van der Waals surface area contributed by atoms with Gasteiger partial charge in [-0.15, -0.1) is 0 Å². The van der Waals surface area contributed by atoms with Gasteiger partial charge in [0, 0.05) is 5.92 Å². The lowest BCUT2D eigenvalue weighted by molar-refractivity contribution is -0.119. The van der Waals surface area contributed by atoms with Crippen LogP contribution in [0.2, 0.25) is 0 Å². The zero-order valence-corrected chi connectivity index (χ0v) is 8.26. The average molecular weight is 195 g/mol. The van der Waals surface area contributed by atoms with Crippen molar-refractivity contribution >= 4 is 11.6 Å². The van der Waals surface area contributed by atoms with Crippen LogP contribution in [0.3, 0.4) is 0 Å². The van der Waals surface area contributed by atoms with Gasteiger partial charge in [0.05, 0.1) is 13.1 Å². The minimum Gasteiger partial charge on any atom is -0.372 e. The summed E-state index contributed by atoms with van der Waals surface area (Å²) in [5.41, 5.74) is 1.65. The summed E-state index contributed by atoms with van der Waals surface area (Å²) in [6.07, 6.45) is 0. The summed E-state index contributed by atoms with van der Waals surface area (Å²) in [7, 11) is 0. The second kappa shape index (κ2) is 3.32. The van der Waals surface area contributed by atoms with E-state index in [-0.39, 0.29) is 18.4 Å². The number of fused-ring (bicyclic) bond motifs is 1. The van der Waals surface area contributed by atoms with Gasteiger partial charge in [-0.05, 0) is 0 Å². The summed E-state index contributed by atoms with van der Waals surface area (Å²) in [5, 5.41) is 9.69. The van der Waals surface area contributed by atoms with E-state index in [1.54, 1.807) is 0 Å². The lowest BCUT2D eigenvalue weighted by atomic mass is 10.1. The second-order valence-electron chi connectivity index (χ2n) is 3.65. The number of nitrogens with one attached hydrogen (secondary N) is 2. The SMILES string of the molecule is CC(C)c1onc2c1NCC(=O)NC2. The number of carbonyl (C=O) groups is 1. The van der Waals surface area contributed by atoms with Crippen molar-refractivity contribution in [1.29, 1.82) is 0 Å². The van der Waals surface area contributed by atoms with Gasteiger partial charge < -0.3 is 15.2 Å². The Labute approximate surface area is 81.8 Å². The standard InChI is InChI=1S/C9H13N3O2/c1-5(2)9-8-6(12-14-9)3-10-7(13)4-11-8/h5,11H,3-4H2,1-2H3,(H,10,13). The van der Waals surface area contributed by atoms with Crippen LogP contribution in [0.4, 0.5) is 5.69 Å². The molecule has 14 heavy (non-hydrogen) atoms. The monoisotopic (exact) mass is 195 g/mol. The van der Waals surface area contributed by atoms with Gasteiger partial charge in [-0.25, -0.2) is 0 Å². The fourth-order valence-electron chi connectivity index (χ4n) is 1.46. The Morgan fingerprint density at radius 3 is 2.86 bits per heavy atom. The van der Waals surface area contributed by atoms with Gasteiger partial charge in [0.1, 0.15) is 11.4 Å². The molecule has 76 valence electrons. The molecule has 0 spiro atoms. The first-order chi connectivity index (χ1) is 6.68. The van der Waals surface area contributed by atoms with E-state index >= 15 is 0 Å². The number of hydrogen-bond acceptors (Lipinski definition) is 4. The molecule has 2 heterocycles. The molecular weight excluding hydrogens is 182 g/mol. The fraction of sp³-hybridized carbons (Fsp3) is 0.556. The smallest absolute Gasteiger partial charge is 0.239 e. The summed E-state index contributed by atoms with van der Waals surface area (Å²) in [5.74, 6) is 1.07. The third-order valence-electron chi connectivity index (χ3n) is 2.19. The maximum atomic E-state index is 11.1. The molecule has 0 bridgehead atoms. The lowest BCUT2D eigenvalue weighted by Gasteiger charge is -2.04. The van der Waals surface area contributed by atoms with Gasteiger partial charge in [0.2, 0.25) is 5.91 Å². The minimum atomic E-state index is -0.0160. The van der Waals surface area contributed by atoms with Gasteiger partial charge >= 0.3 is 0 Å². The van der Waals surface area contributed by atoms with Crippen molar-refractivity contribution in [2.75, 3.05) is 11.9 Å². The first kappa shape index (κ1) is 9.05. The normalized spacial score (nSPS) is 15.8. The minimum absolute atomic E-state index is 0.0160. The molecule has 1 aliphatic heterocycles. The molecule has 0 fully saturated rings. The van der Waals surface area contributed by atoms with Crippen LogP contribution in [0.5, 0.6) is 0 Å². The number of hydrogen-bond donors (Lipinski definition) is 2. The van der Waals surface area contributed by atoms with Crippen LogP contribution in [0.1, 0.15) is 31.2 Å². The Hall–Kier alpha value is -1.52. The number of aromatic nitrogens is 1. The van der Waals surface area contributed by atoms with E-state index < -0.39 is 0 Å². The Balaban J connectivity index is 2.33. The second-order valence-corrected chi connectivity index (χ2v) is 3.65. The van der Waals surface area contributed by atoms with Crippen molar-refractivity contribution in [3.8, 4) is 0 Å². The number of rotatable bonds is 1. The van der Waals surface area contributed by atoms with E-state index in [1.807, 2.05) is 13.8 Å². The molecule has 5 nitrogen and oxygen atoms in total. The average Bonchev–Trinajstić information content (AvgIpc) is 2.46. The molecule has 0 unspecified atom stereocenters. The van der Waals surface area contributed by atoms with E-state index in [1.165, 1.54) is 0 Å². The Bertz CT molecular complexity index is 357. The van der Waals surface area contributed by atoms with Gasteiger partial charge in [-0.1, -0.05) is 19.0 Å². The Morgan fingerprint density at radius 1 is 1.36 bits per heavy atom. The Kier molecular flexibility index (Phi) is 2.15. The number of anilines is 1. The summed E-state index contributed by atoms with van der Waals surface area (Å²) >= 11 is 0. The molecule has 1 aromatic rings. The van der Waals surface area contributed by atoms with Gasteiger partial charge in [0.25, 0.3) is 0 Å². The van der Waals surface area contributed by atoms with Crippen molar-refractivity contribution < 1.29 is 9.32 Å². The van der Waals surface area contributed by atoms with Gasteiger partial charge in [-0.3, -0.25) is 4.79 Å². The van der Waals surface area contributed by atoms with Crippen LogP contribution >= 0.6 is 0 Å². The first-order valence-corrected chi connectivity index (χ1v) is 4.67. The molecule has 0 radical (unpaired) electrons. The third kappa shape index (κ3) is 1.45. The van der Waals surface area contributed by atoms with Crippen molar-refractivity contribution in [2.45, 2.75) is 26.3 Å². The molecule has 0 saturated heterocycles. The third-order valence-corrected chi connectivity index (χ3v) is 2.19. The van der Waals surface area contributed by atoms with Crippen molar-refractivity contribution in [3.05, 3.63) is 11.5 Å². The van der Waals surface area contributed by atoms with Crippen LogP contribution in [0, 0.1) is 0 Å². The van der Waals surface area contributed by atoms with Gasteiger partial charge in [-0.2, -0.15) is 0 Å². The summed E-state index contributed by atoms with van der Waals surface area (Å²) < 4.78 is 5.21. The van der Waals surface area contributed by atoms with Crippen LogP contribution in [0.25, 0.3) is 0 Å². The quantitative estimate of drug-likeness (QED) is 0.696. The lowest BCUT2D eigenvalue weighted by Crippen LogP contribution is -2.26. The number of nitrogens with zero attached hydrogens (tertiary/aromatic N) is 1. The van der Waals surface area contributed by atoms with Crippen molar-refractivity contribution in [3.63, 3.8) is 0 Å². The molecular formula is C9H13N3O2. The maximum absolute atomic E-state index is 11.1. The largest absolute Gasteiger partial charge is 0.372 e. The summed E-state index contributed by atoms with van der Waals surface area (Å²) in [6.45, 7) is 4.79. The topological polar surface area (TPSA) is 67.2 Å². The molecule has 0 aromatic carbocycles. The molecule has 0 atom stereocenters. The summed E-state index contributed by atoms with van der Waals surface area (Å²) in [6, 6.07) is 0.